The summed E-state index contributed by atoms with van der Waals surface area (Å²) in [5.41, 5.74) is 3.51. The molecule has 1 aliphatic carbocycles. The van der Waals surface area contributed by atoms with Gasteiger partial charge in [0.1, 0.15) is 0 Å². The van der Waals surface area contributed by atoms with Crippen LogP contribution in [0.5, 0.6) is 0 Å². The number of aromatic nitrogens is 1. The van der Waals surface area contributed by atoms with Gasteiger partial charge in [0.05, 0.1) is 11.2 Å². The minimum Gasteiger partial charge on any atom is -0.310 e. The van der Waals surface area contributed by atoms with E-state index in [2.05, 4.69) is 36.2 Å². The predicted octanol–water partition coefficient (Wildman–Crippen LogP) is 2.03. The van der Waals surface area contributed by atoms with Crippen LogP contribution in [0.15, 0.2) is 5.51 Å². The van der Waals surface area contributed by atoms with Crippen LogP contribution < -0.4 is 5.32 Å². The van der Waals surface area contributed by atoms with E-state index in [0.717, 1.165) is 13.1 Å². The molecule has 0 radical (unpaired) electrons. The van der Waals surface area contributed by atoms with E-state index in [1.54, 1.807) is 11.3 Å². The Labute approximate surface area is 102 Å². The van der Waals surface area contributed by atoms with Gasteiger partial charge < -0.3 is 10.2 Å². The van der Waals surface area contributed by atoms with Crippen molar-refractivity contribution in [2.75, 3.05) is 20.6 Å². The van der Waals surface area contributed by atoms with Gasteiger partial charge in [-0.3, -0.25) is 0 Å². The molecular weight excluding hydrogens is 218 g/mol. The predicted molar refractivity (Wildman–Crippen MR) is 68.8 cm³/mol. The second kappa shape index (κ2) is 4.82. The zero-order valence-electron chi connectivity index (χ0n) is 10.4. The summed E-state index contributed by atoms with van der Waals surface area (Å²) in [6.07, 6.45) is 4.03. The molecule has 0 unspecified atom stereocenters. The normalized spacial score (nSPS) is 18.8. The van der Waals surface area contributed by atoms with Gasteiger partial charge in [-0.25, -0.2) is 4.98 Å². The SMILES string of the molecule is Cc1ncsc1CNCC1(N(C)C)CCC1. The van der Waals surface area contributed by atoms with Crippen molar-refractivity contribution in [1.29, 1.82) is 0 Å². The van der Waals surface area contributed by atoms with Crippen LogP contribution in [0, 0.1) is 6.92 Å². The highest BCUT2D eigenvalue weighted by Crippen LogP contribution is 2.35. The van der Waals surface area contributed by atoms with Crippen LogP contribution in [0.25, 0.3) is 0 Å². The summed E-state index contributed by atoms with van der Waals surface area (Å²) < 4.78 is 0. The van der Waals surface area contributed by atoms with Crippen LogP contribution in [0.4, 0.5) is 0 Å². The maximum atomic E-state index is 4.27. The van der Waals surface area contributed by atoms with E-state index in [1.165, 1.54) is 29.8 Å². The molecule has 0 aromatic carbocycles. The molecule has 1 aromatic rings. The molecule has 4 heteroatoms. The van der Waals surface area contributed by atoms with Gasteiger partial charge in [0.15, 0.2) is 0 Å². The van der Waals surface area contributed by atoms with Crippen molar-refractivity contribution in [3.63, 3.8) is 0 Å². The van der Waals surface area contributed by atoms with Crippen molar-refractivity contribution in [2.45, 2.75) is 38.3 Å². The largest absolute Gasteiger partial charge is 0.310 e. The van der Waals surface area contributed by atoms with Gasteiger partial charge in [0.2, 0.25) is 0 Å². The van der Waals surface area contributed by atoms with Gasteiger partial charge >= 0.3 is 0 Å². The van der Waals surface area contributed by atoms with Gasteiger partial charge in [-0.1, -0.05) is 0 Å². The van der Waals surface area contributed by atoms with Crippen LogP contribution in [-0.2, 0) is 6.54 Å². The van der Waals surface area contributed by atoms with E-state index < -0.39 is 0 Å². The summed E-state index contributed by atoms with van der Waals surface area (Å²) in [7, 11) is 4.39. The molecule has 1 N–H and O–H groups in total. The second-order valence-corrected chi connectivity index (χ2v) is 5.88. The van der Waals surface area contributed by atoms with Gasteiger partial charge in [-0.2, -0.15) is 0 Å². The monoisotopic (exact) mass is 239 g/mol. The first-order valence-corrected chi connectivity index (χ1v) is 6.79. The smallest absolute Gasteiger partial charge is 0.0798 e. The second-order valence-electron chi connectivity index (χ2n) is 4.94. The van der Waals surface area contributed by atoms with E-state index in [0.29, 0.717) is 5.54 Å². The number of nitrogens with zero attached hydrogens (tertiary/aromatic N) is 2. The van der Waals surface area contributed by atoms with Crippen molar-refractivity contribution < 1.29 is 0 Å². The maximum absolute atomic E-state index is 4.27. The number of likely N-dealkylation sites (N-methyl/N-ethyl adjacent to an activating group) is 1. The fourth-order valence-electron chi connectivity index (χ4n) is 2.27. The Balaban J connectivity index is 1.82. The first kappa shape index (κ1) is 12.0. The third-order valence-electron chi connectivity index (χ3n) is 3.82. The van der Waals surface area contributed by atoms with Crippen LogP contribution >= 0.6 is 11.3 Å². The molecule has 0 bridgehead atoms. The van der Waals surface area contributed by atoms with Crippen LogP contribution in [0.1, 0.15) is 29.8 Å². The molecule has 1 saturated carbocycles. The number of nitrogens with one attached hydrogen (secondary N) is 1. The Hall–Kier alpha value is -0.450. The molecular formula is C12H21N3S. The van der Waals surface area contributed by atoms with Crippen LogP contribution in [0.3, 0.4) is 0 Å². The molecule has 1 aliphatic rings. The summed E-state index contributed by atoms with van der Waals surface area (Å²) in [4.78, 5) is 8.02. The van der Waals surface area contributed by atoms with Crippen LogP contribution in [-0.4, -0.2) is 36.1 Å². The van der Waals surface area contributed by atoms with Gasteiger partial charge in [-0.15, -0.1) is 11.3 Å². The van der Waals surface area contributed by atoms with Crippen molar-refractivity contribution in [3.05, 3.63) is 16.1 Å². The fourth-order valence-corrected chi connectivity index (χ4v) is 3.02. The lowest BCUT2D eigenvalue weighted by molar-refractivity contribution is 0.0599. The topological polar surface area (TPSA) is 28.2 Å². The van der Waals surface area contributed by atoms with Gasteiger partial charge in [-0.05, 0) is 40.3 Å². The van der Waals surface area contributed by atoms with Gasteiger partial charge in [0.25, 0.3) is 0 Å². The number of thiazole rings is 1. The summed E-state index contributed by atoms with van der Waals surface area (Å²) >= 11 is 1.75. The molecule has 1 fully saturated rings. The zero-order valence-corrected chi connectivity index (χ0v) is 11.2. The minimum atomic E-state index is 0.415. The molecule has 90 valence electrons. The molecule has 0 amide bonds. The van der Waals surface area contributed by atoms with Crippen molar-refractivity contribution in [1.82, 2.24) is 15.2 Å². The lowest BCUT2D eigenvalue weighted by Gasteiger charge is -2.47. The molecule has 0 aliphatic heterocycles. The first-order chi connectivity index (χ1) is 7.64. The Morgan fingerprint density at radius 1 is 1.50 bits per heavy atom. The highest BCUT2D eigenvalue weighted by atomic mass is 32.1. The number of aryl methyl sites for hydroxylation is 1. The highest BCUT2D eigenvalue weighted by molar-refractivity contribution is 7.09. The van der Waals surface area contributed by atoms with E-state index in [-0.39, 0.29) is 0 Å². The molecule has 2 rings (SSSR count). The van der Waals surface area contributed by atoms with Gasteiger partial charge in [0, 0.05) is 23.5 Å². The average molecular weight is 239 g/mol. The van der Waals surface area contributed by atoms with E-state index in [1.807, 2.05) is 5.51 Å². The Bertz CT molecular complexity index is 342. The van der Waals surface area contributed by atoms with Crippen molar-refractivity contribution in [2.24, 2.45) is 0 Å². The summed E-state index contributed by atoms with van der Waals surface area (Å²) in [5.74, 6) is 0. The Kier molecular flexibility index (Phi) is 3.62. The highest BCUT2D eigenvalue weighted by Gasteiger charge is 2.38. The summed E-state index contributed by atoms with van der Waals surface area (Å²) in [5, 5.41) is 3.58. The molecule has 0 saturated heterocycles. The minimum absolute atomic E-state index is 0.415. The first-order valence-electron chi connectivity index (χ1n) is 5.91. The van der Waals surface area contributed by atoms with Crippen LogP contribution in [0.2, 0.25) is 0 Å². The third-order valence-corrected chi connectivity index (χ3v) is 4.75. The molecule has 16 heavy (non-hydrogen) atoms. The number of hydrogen-bond acceptors (Lipinski definition) is 4. The molecule has 3 nitrogen and oxygen atoms in total. The lowest BCUT2D eigenvalue weighted by atomic mass is 9.75. The molecule has 1 aromatic heterocycles. The Morgan fingerprint density at radius 2 is 2.25 bits per heavy atom. The zero-order chi connectivity index (χ0) is 11.6. The van der Waals surface area contributed by atoms with Crippen molar-refractivity contribution >= 4 is 11.3 Å². The van der Waals surface area contributed by atoms with E-state index in [4.69, 9.17) is 0 Å². The third kappa shape index (κ3) is 2.29. The van der Waals surface area contributed by atoms with E-state index in [9.17, 15) is 0 Å². The average Bonchev–Trinajstić information content (AvgIpc) is 2.55. The standard InChI is InChI=1S/C12H21N3S/c1-10-11(16-9-14-10)7-13-8-12(15(2)3)5-4-6-12/h9,13H,4-8H2,1-3H3. The van der Waals surface area contributed by atoms with Crippen molar-refractivity contribution in [3.8, 4) is 0 Å². The molecule has 0 spiro atoms. The summed E-state index contributed by atoms with van der Waals surface area (Å²) in [6.45, 7) is 4.14. The maximum Gasteiger partial charge on any atom is 0.0798 e. The molecule has 1 heterocycles. The summed E-state index contributed by atoms with van der Waals surface area (Å²) in [6, 6.07) is 0. The quantitative estimate of drug-likeness (QED) is 0.852. The Morgan fingerprint density at radius 3 is 2.69 bits per heavy atom. The fraction of sp³-hybridized carbons (Fsp3) is 0.750. The number of rotatable bonds is 5. The van der Waals surface area contributed by atoms with E-state index >= 15 is 0 Å². The lowest BCUT2D eigenvalue weighted by Crippen LogP contribution is -2.56. The number of hydrogen-bond donors (Lipinski definition) is 1. The molecule has 0 atom stereocenters.